The average Bonchev–Trinajstić information content (AvgIpc) is 0.811. The predicted octanol–water partition coefficient (Wildman–Crippen LogP) is 0.211. The van der Waals surface area contributed by atoms with E-state index in [1.54, 1.807) is 0 Å². The van der Waals surface area contributed by atoms with Crippen molar-refractivity contribution in [2.75, 3.05) is 0 Å². The summed E-state index contributed by atoms with van der Waals surface area (Å²) in [4.78, 5) is 9.00. The van der Waals surface area contributed by atoms with E-state index in [9.17, 15) is 0 Å². The van der Waals surface area contributed by atoms with Crippen molar-refractivity contribution >= 4 is 4.36 Å². The zero-order valence-electron chi connectivity index (χ0n) is 1.76. The first-order valence-corrected chi connectivity index (χ1v) is 1.64. The zero-order chi connectivity index (χ0) is 3.58. The minimum absolute atomic E-state index is 0.823. The van der Waals surface area contributed by atoms with Crippen molar-refractivity contribution in [3.8, 4) is 0 Å². The van der Waals surface area contributed by atoms with Gasteiger partial charge in [-0.1, -0.05) is 0 Å². The molecule has 0 bridgehead atoms. The number of carbonyl (C=O) groups is 1. The molecule has 0 atom stereocenters. The molecule has 2 nitrogen and oxygen atoms in total. The van der Waals surface area contributed by atoms with Crippen LogP contribution < -0.4 is 0 Å². The first-order valence-electron chi connectivity index (χ1n) is 0.632. The van der Waals surface area contributed by atoms with Crippen LogP contribution in [0.4, 0.5) is 4.79 Å². The summed E-state index contributed by atoms with van der Waals surface area (Å²) < 4.78 is -0.823. The molecule has 3 heteroatoms. The summed E-state index contributed by atoms with van der Waals surface area (Å²) in [6.07, 6.45) is 0. The summed E-state index contributed by atoms with van der Waals surface area (Å²) in [5, 5.41) is 7.42. The molecule has 0 aromatic carbocycles. The molecule has 0 radical (unpaired) electrons. The molecular weight excluding hydrogens is 140 g/mol. The number of hydrogen-bond acceptors (Lipinski definition) is 1. The van der Waals surface area contributed by atoms with E-state index < -0.39 is 4.36 Å². The Balaban J connectivity index is 2.80. The van der Waals surface area contributed by atoms with Crippen molar-refractivity contribution in [1.82, 2.24) is 0 Å². The van der Waals surface area contributed by atoms with Gasteiger partial charge in [0.15, 0.2) is 0 Å². The van der Waals surface area contributed by atoms with Crippen LogP contribution in [0.5, 0.6) is 0 Å². The monoisotopic (exact) mass is 143 g/mol. The van der Waals surface area contributed by atoms with Gasteiger partial charge >= 0.3 is 34.1 Å². The quantitative estimate of drug-likeness (QED) is 0.489. The Morgan fingerprint density at radius 2 is 2.00 bits per heavy atom. The fourth-order valence-corrected chi connectivity index (χ4v) is 0. The molecule has 0 saturated heterocycles. The van der Waals surface area contributed by atoms with Crippen molar-refractivity contribution in [2.45, 2.75) is 0 Å². The first-order chi connectivity index (χ1) is 1.73. The third kappa shape index (κ3) is 116. The van der Waals surface area contributed by atoms with Gasteiger partial charge in [-0.05, 0) is 0 Å². The summed E-state index contributed by atoms with van der Waals surface area (Å²) in [7, 11) is 0. The maximum atomic E-state index is 9.00. The van der Waals surface area contributed by atoms with Gasteiger partial charge in [-0.2, -0.15) is 0 Å². The molecular formula is CHMoO2. The van der Waals surface area contributed by atoms with Crippen LogP contribution in [0.2, 0.25) is 0 Å². The van der Waals surface area contributed by atoms with E-state index in [2.05, 4.69) is 0 Å². The van der Waals surface area contributed by atoms with Gasteiger partial charge in [-0.3, -0.25) is 0 Å². The van der Waals surface area contributed by atoms with E-state index in [1.807, 2.05) is 0 Å². The molecule has 1 N–H and O–H groups in total. The van der Waals surface area contributed by atoms with Crippen LogP contribution in [0.15, 0.2) is 0 Å². The molecule has 0 saturated carbocycles. The van der Waals surface area contributed by atoms with Crippen LogP contribution in [0.3, 0.4) is 0 Å². The van der Waals surface area contributed by atoms with Crippen molar-refractivity contribution in [2.24, 2.45) is 0 Å². The minimum atomic E-state index is -0.823. The first kappa shape index (κ1) is 4.16. The van der Waals surface area contributed by atoms with Crippen molar-refractivity contribution in [3.05, 3.63) is 0 Å². The predicted molar refractivity (Wildman–Crippen MR) is 8.02 cm³/mol. The van der Waals surface area contributed by atoms with Crippen molar-refractivity contribution in [3.63, 3.8) is 0 Å². The molecule has 0 aromatic heterocycles. The number of hydrogen-bond donors (Lipinski definition) is 1. The second-order valence-electron chi connectivity index (χ2n) is 0.266. The van der Waals surface area contributed by atoms with E-state index in [0.717, 1.165) is 19.8 Å². The molecule has 0 aliphatic rings. The Labute approximate surface area is 34.7 Å². The summed E-state index contributed by atoms with van der Waals surface area (Å²) >= 11 is 1.02. The van der Waals surface area contributed by atoms with E-state index in [-0.39, 0.29) is 0 Å². The summed E-state index contributed by atoms with van der Waals surface area (Å²) in [6.45, 7) is 0. The number of rotatable bonds is 0. The van der Waals surface area contributed by atoms with Gasteiger partial charge < -0.3 is 0 Å². The molecule has 0 unspecified atom stereocenters. The van der Waals surface area contributed by atoms with Crippen LogP contribution >= 0.6 is 0 Å². The fraction of sp³-hybridized carbons (Fsp3) is 0. The molecule has 4 heavy (non-hydrogen) atoms. The van der Waals surface area contributed by atoms with Crippen LogP contribution in [-0.4, -0.2) is 9.47 Å². The van der Waals surface area contributed by atoms with Crippen LogP contribution in [0.1, 0.15) is 0 Å². The number of carboxylic acid groups (broad SMARTS) is 1. The van der Waals surface area contributed by atoms with Gasteiger partial charge in [0.25, 0.3) is 0 Å². The van der Waals surface area contributed by atoms with Crippen molar-refractivity contribution < 1.29 is 29.7 Å². The van der Waals surface area contributed by atoms with Gasteiger partial charge in [-0.15, -0.1) is 0 Å². The normalized spacial score (nSPS) is 6.00. The van der Waals surface area contributed by atoms with E-state index >= 15 is 0 Å². The Morgan fingerprint density at radius 3 is 2.00 bits per heavy atom. The molecule has 0 heterocycles. The molecule has 0 aliphatic heterocycles. The zero-order valence-corrected chi connectivity index (χ0v) is 3.77. The third-order valence-corrected chi connectivity index (χ3v) is 0. The molecule has 0 spiro atoms. The van der Waals surface area contributed by atoms with Gasteiger partial charge in [0, 0.05) is 0 Å². The van der Waals surface area contributed by atoms with Gasteiger partial charge in [-0.25, -0.2) is 0 Å². The summed E-state index contributed by atoms with van der Waals surface area (Å²) in [6, 6.07) is 0. The van der Waals surface area contributed by atoms with Crippen LogP contribution in [0, 0.1) is 0 Å². The Morgan fingerprint density at radius 1 is 2.00 bits per heavy atom. The van der Waals surface area contributed by atoms with E-state index in [1.165, 1.54) is 0 Å². The van der Waals surface area contributed by atoms with Crippen LogP contribution in [0.25, 0.3) is 0 Å². The molecule has 0 amide bonds. The Kier molecular flexibility index (Phi) is 1.53. The Hall–Kier alpha value is 0.158. The second-order valence-corrected chi connectivity index (χ2v) is 1.12. The molecule has 0 aromatic rings. The fourth-order valence-electron chi connectivity index (χ4n) is 0. The van der Waals surface area contributed by atoms with Crippen LogP contribution in [-0.2, 0) is 19.8 Å². The Bertz CT molecular complexity index is 29.0. The molecule has 23 valence electrons. The van der Waals surface area contributed by atoms with Gasteiger partial charge in [0.05, 0.1) is 0 Å². The van der Waals surface area contributed by atoms with E-state index in [0.29, 0.717) is 0 Å². The van der Waals surface area contributed by atoms with E-state index in [4.69, 9.17) is 9.90 Å². The van der Waals surface area contributed by atoms with Crippen molar-refractivity contribution in [1.29, 1.82) is 0 Å². The summed E-state index contributed by atoms with van der Waals surface area (Å²) in [5.74, 6) is 0. The van der Waals surface area contributed by atoms with Gasteiger partial charge in [0.1, 0.15) is 0 Å². The third-order valence-electron chi connectivity index (χ3n) is 0. The molecule has 0 aliphatic carbocycles. The topological polar surface area (TPSA) is 37.3 Å². The molecule has 0 fully saturated rings. The SMILES string of the molecule is O=[C](O)[Mo]. The molecule has 0 rings (SSSR count). The second kappa shape index (κ2) is 1.47. The standard InChI is InChI=1S/CHO2.Mo/c2-1-3;/h(H,2,3);. The maximum absolute atomic E-state index is 9.00. The van der Waals surface area contributed by atoms with Gasteiger partial charge in [0.2, 0.25) is 0 Å². The average molecular weight is 141 g/mol. The summed E-state index contributed by atoms with van der Waals surface area (Å²) in [5.41, 5.74) is 0.